The van der Waals surface area contributed by atoms with Gasteiger partial charge in [-0.2, -0.15) is 18.3 Å². The number of carbonyl (C=O) groups is 1. The Kier molecular flexibility index (Phi) is 7.99. The molecule has 12 heteroatoms. The number of piperidine rings is 1. The normalized spacial score (nSPS) is 26.4. The van der Waals surface area contributed by atoms with Crippen LogP contribution in [0.5, 0.6) is 0 Å². The van der Waals surface area contributed by atoms with E-state index < -0.39 is 35.1 Å². The van der Waals surface area contributed by atoms with E-state index in [1.54, 1.807) is 6.92 Å². The number of ether oxygens (including phenoxy) is 1. The van der Waals surface area contributed by atoms with Crippen molar-refractivity contribution in [2.24, 2.45) is 5.41 Å². The molecular weight excluding hydrogens is 622 g/mol. The van der Waals surface area contributed by atoms with Crippen LogP contribution in [0, 0.1) is 5.41 Å². The van der Waals surface area contributed by atoms with E-state index in [4.69, 9.17) is 16.3 Å². The molecule has 3 aromatic rings. The molecule has 246 valence electrons. The fraction of sp³-hybridized carbons (Fsp3) is 0.529. The summed E-state index contributed by atoms with van der Waals surface area (Å²) in [6, 6.07) is 13.4. The Morgan fingerprint density at radius 3 is 2.39 bits per heavy atom. The molecule has 0 radical (unpaired) electrons. The minimum Gasteiger partial charge on any atom is -0.462 e. The van der Waals surface area contributed by atoms with Crippen molar-refractivity contribution in [3.8, 4) is 11.1 Å². The highest BCUT2D eigenvalue weighted by Crippen LogP contribution is 2.69. The third-order valence-electron chi connectivity index (χ3n) is 10.2. The standard InChI is InChI=1S/C34H38ClF4N5O2/c1-2-46-31(45)28-17-40-44(30(28)34(37,38)39)26-4-3-11-43(18-26)29-16-24(35)7-10-27(29)23-5-8-25(9-6-23)42-14-12-41(13-15-42)22-32-19-33(36,20-32)21-32/h5-10,16-17,26H,2-4,11-15,18-22H2,1H3. The van der Waals surface area contributed by atoms with Crippen LogP contribution in [0.1, 0.15) is 61.1 Å². The largest absolute Gasteiger partial charge is 0.462 e. The summed E-state index contributed by atoms with van der Waals surface area (Å²) in [5.41, 5.74) is 1.64. The van der Waals surface area contributed by atoms with Crippen LogP contribution in [0.2, 0.25) is 5.02 Å². The van der Waals surface area contributed by atoms with E-state index in [2.05, 4.69) is 44.1 Å². The van der Waals surface area contributed by atoms with E-state index in [-0.39, 0.29) is 18.6 Å². The highest BCUT2D eigenvalue weighted by Gasteiger charge is 2.69. The molecule has 46 heavy (non-hydrogen) atoms. The van der Waals surface area contributed by atoms with Crippen LogP contribution in [0.3, 0.4) is 0 Å². The molecule has 5 aliphatic rings. The number of rotatable bonds is 8. The lowest BCUT2D eigenvalue weighted by atomic mass is 9.42. The molecule has 1 atom stereocenters. The molecule has 1 aromatic heterocycles. The number of nitrogens with zero attached hydrogens (tertiary/aromatic N) is 5. The quantitative estimate of drug-likeness (QED) is 0.188. The molecular formula is C34H38ClF4N5O2. The highest BCUT2D eigenvalue weighted by molar-refractivity contribution is 6.31. The van der Waals surface area contributed by atoms with Gasteiger partial charge in [-0.25, -0.2) is 9.18 Å². The number of halogens is 5. The zero-order valence-corrected chi connectivity index (χ0v) is 26.6. The average molecular weight is 660 g/mol. The predicted molar refractivity (Wildman–Crippen MR) is 169 cm³/mol. The van der Waals surface area contributed by atoms with Gasteiger partial charge in [0, 0.05) is 67.8 Å². The number of piperazine rings is 1. The summed E-state index contributed by atoms with van der Waals surface area (Å²) in [4.78, 5) is 19.2. The van der Waals surface area contributed by atoms with Gasteiger partial charge in [-0.3, -0.25) is 9.58 Å². The van der Waals surface area contributed by atoms with Crippen LogP contribution in [0.4, 0.5) is 28.9 Å². The number of carbonyl (C=O) groups excluding carboxylic acids is 1. The van der Waals surface area contributed by atoms with Crippen LogP contribution in [-0.4, -0.2) is 78.7 Å². The van der Waals surface area contributed by atoms with Gasteiger partial charge in [-0.15, -0.1) is 0 Å². The molecule has 3 aliphatic carbocycles. The number of hydrogen-bond donors (Lipinski definition) is 0. The second kappa shape index (κ2) is 11.7. The molecule has 8 rings (SSSR count). The second-order valence-corrected chi connectivity index (χ2v) is 13.9. The fourth-order valence-corrected chi connectivity index (χ4v) is 8.35. The SMILES string of the molecule is CCOC(=O)c1cnn(C2CCCN(c3cc(Cl)ccc3-c3ccc(N4CCN(CC56CC(F)(C5)C6)CC4)cc3)C2)c1C(F)(F)F. The van der Waals surface area contributed by atoms with Crippen molar-refractivity contribution in [1.82, 2.24) is 14.7 Å². The fourth-order valence-electron chi connectivity index (χ4n) is 8.18. The molecule has 0 spiro atoms. The number of alkyl halides is 4. The molecule has 1 unspecified atom stereocenters. The molecule has 7 nitrogen and oxygen atoms in total. The molecule has 3 saturated carbocycles. The van der Waals surface area contributed by atoms with Gasteiger partial charge in [-0.05, 0) is 74.3 Å². The zero-order valence-electron chi connectivity index (χ0n) is 25.8. The van der Waals surface area contributed by atoms with Crippen LogP contribution in [-0.2, 0) is 10.9 Å². The van der Waals surface area contributed by atoms with Crippen molar-refractivity contribution in [2.45, 2.75) is 56.9 Å². The maximum atomic E-state index is 14.2. The predicted octanol–water partition coefficient (Wildman–Crippen LogP) is 7.25. The van der Waals surface area contributed by atoms with Crippen molar-refractivity contribution in [2.75, 3.05) is 62.2 Å². The zero-order chi connectivity index (χ0) is 32.3. The Hall–Kier alpha value is -3.31. The third kappa shape index (κ3) is 5.85. The maximum Gasteiger partial charge on any atom is 0.433 e. The van der Waals surface area contributed by atoms with Gasteiger partial charge in [0.05, 0.1) is 18.8 Å². The summed E-state index contributed by atoms with van der Waals surface area (Å²) in [7, 11) is 0. The van der Waals surface area contributed by atoms with Gasteiger partial charge >= 0.3 is 12.1 Å². The minimum absolute atomic E-state index is 0.0304. The topological polar surface area (TPSA) is 53.8 Å². The average Bonchev–Trinajstić information content (AvgIpc) is 3.47. The Bertz CT molecular complexity index is 1580. The number of benzene rings is 2. The van der Waals surface area contributed by atoms with E-state index in [0.717, 1.165) is 85.4 Å². The summed E-state index contributed by atoms with van der Waals surface area (Å²) in [5, 5.41) is 4.58. The Morgan fingerprint density at radius 2 is 1.74 bits per heavy atom. The van der Waals surface area contributed by atoms with Crippen molar-refractivity contribution in [3.63, 3.8) is 0 Å². The Labute approximate surface area is 271 Å². The summed E-state index contributed by atoms with van der Waals surface area (Å²) < 4.78 is 62.4. The highest BCUT2D eigenvalue weighted by atomic mass is 35.5. The monoisotopic (exact) mass is 659 g/mol. The number of esters is 1. The smallest absolute Gasteiger partial charge is 0.433 e. The third-order valence-corrected chi connectivity index (χ3v) is 10.4. The first-order valence-electron chi connectivity index (χ1n) is 16.1. The van der Waals surface area contributed by atoms with Crippen LogP contribution >= 0.6 is 11.6 Å². The summed E-state index contributed by atoms with van der Waals surface area (Å²) in [5.74, 6) is -1.03. The van der Waals surface area contributed by atoms with Crippen LogP contribution < -0.4 is 9.80 Å². The number of aromatic nitrogens is 2. The molecule has 2 aliphatic heterocycles. The van der Waals surface area contributed by atoms with Crippen molar-refractivity contribution in [3.05, 3.63) is 64.9 Å². The number of hydrogen-bond acceptors (Lipinski definition) is 6. The minimum atomic E-state index is -4.77. The van der Waals surface area contributed by atoms with Crippen molar-refractivity contribution >= 4 is 28.9 Å². The lowest BCUT2D eigenvalue weighted by Gasteiger charge is -2.67. The molecule has 2 saturated heterocycles. The van der Waals surface area contributed by atoms with Crippen LogP contribution in [0.25, 0.3) is 11.1 Å². The molecule has 2 aromatic carbocycles. The van der Waals surface area contributed by atoms with E-state index in [0.29, 0.717) is 24.4 Å². The molecule has 2 bridgehead atoms. The maximum absolute atomic E-state index is 14.2. The Morgan fingerprint density at radius 1 is 1.02 bits per heavy atom. The van der Waals surface area contributed by atoms with Gasteiger partial charge in [0.25, 0.3) is 0 Å². The van der Waals surface area contributed by atoms with E-state index in [9.17, 15) is 22.4 Å². The van der Waals surface area contributed by atoms with Crippen molar-refractivity contribution in [1.29, 1.82) is 0 Å². The first-order valence-corrected chi connectivity index (χ1v) is 16.5. The number of anilines is 2. The summed E-state index contributed by atoms with van der Waals surface area (Å²) >= 11 is 6.46. The van der Waals surface area contributed by atoms with Crippen molar-refractivity contribution < 1.29 is 27.1 Å². The first kappa shape index (κ1) is 31.3. The van der Waals surface area contributed by atoms with Gasteiger partial charge < -0.3 is 14.5 Å². The van der Waals surface area contributed by atoms with Gasteiger partial charge in [-0.1, -0.05) is 29.8 Å². The van der Waals surface area contributed by atoms with E-state index in [1.807, 2.05) is 18.2 Å². The Balaban J connectivity index is 1.06. The first-order chi connectivity index (χ1) is 22.0. The van der Waals surface area contributed by atoms with Gasteiger partial charge in [0.15, 0.2) is 5.69 Å². The molecule has 5 fully saturated rings. The summed E-state index contributed by atoms with van der Waals surface area (Å²) in [6.07, 6.45) is -0.473. The molecule has 0 amide bonds. The van der Waals surface area contributed by atoms with Gasteiger partial charge in [0.2, 0.25) is 0 Å². The molecule has 3 heterocycles. The van der Waals surface area contributed by atoms with E-state index in [1.165, 1.54) is 0 Å². The molecule has 0 N–H and O–H groups in total. The van der Waals surface area contributed by atoms with E-state index >= 15 is 0 Å². The second-order valence-electron chi connectivity index (χ2n) is 13.5. The summed E-state index contributed by atoms with van der Waals surface area (Å²) in [6.45, 7) is 7.22. The lowest BCUT2D eigenvalue weighted by molar-refractivity contribution is -0.221. The lowest BCUT2D eigenvalue weighted by Crippen LogP contribution is -2.68. The van der Waals surface area contributed by atoms with Gasteiger partial charge in [0.1, 0.15) is 11.2 Å². The van der Waals surface area contributed by atoms with Crippen LogP contribution in [0.15, 0.2) is 48.7 Å².